The summed E-state index contributed by atoms with van der Waals surface area (Å²) in [5.74, 6) is 0.835. The molecule has 3 fully saturated rings. The van der Waals surface area contributed by atoms with Gasteiger partial charge in [0.05, 0.1) is 12.7 Å². The molecule has 24 heavy (non-hydrogen) atoms. The van der Waals surface area contributed by atoms with Crippen molar-refractivity contribution < 1.29 is 4.74 Å². The van der Waals surface area contributed by atoms with Gasteiger partial charge in [0.25, 0.3) is 0 Å². The van der Waals surface area contributed by atoms with E-state index in [1.165, 1.54) is 52.0 Å². The Hall–Kier alpha value is -0.160. The van der Waals surface area contributed by atoms with Crippen molar-refractivity contribution in [1.82, 2.24) is 14.7 Å². The summed E-state index contributed by atoms with van der Waals surface area (Å²) in [4.78, 5) is 7.91. The lowest BCUT2D eigenvalue weighted by Gasteiger charge is -2.41. The van der Waals surface area contributed by atoms with E-state index in [0.717, 1.165) is 32.2 Å². The van der Waals surface area contributed by atoms with Crippen molar-refractivity contribution in [2.24, 2.45) is 11.3 Å². The molecule has 0 amide bonds. The highest BCUT2D eigenvalue weighted by molar-refractivity contribution is 4.97. The lowest BCUT2D eigenvalue weighted by atomic mass is 9.93. The molecule has 0 aromatic heterocycles. The Bertz CT molecular complexity index is 386. The Labute approximate surface area is 149 Å². The maximum absolute atomic E-state index is 6.10. The molecule has 2 aliphatic heterocycles. The zero-order valence-corrected chi connectivity index (χ0v) is 16.5. The zero-order chi connectivity index (χ0) is 17.2. The molecule has 0 spiro atoms. The molecule has 3 aliphatic rings. The van der Waals surface area contributed by atoms with Gasteiger partial charge >= 0.3 is 0 Å². The highest BCUT2D eigenvalue weighted by Crippen LogP contribution is 2.51. The number of rotatable bonds is 7. The quantitative estimate of drug-likeness (QED) is 0.710. The minimum Gasteiger partial charge on any atom is -0.374 e. The minimum absolute atomic E-state index is 0.416. The highest BCUT2D eigenvalue weighted by atomic mass is 16.5. The lowest BCUT2D eigenvalue weighted by molar-refractivity contribution is -0.0543. The van der Waals surface area contributed by atoms with Crippen LogP contribution in [0.4, 0.5) is 0 Å². The number of hydrogen-bond acceptors (Lipinski definition) is 4. The fourth-order valence-corrected chi connectivity index (χ4v) is 4.73. The molecule has 3 rings (SSSR count). The van der Waals surface area contributed by atoms with Gasteiger partial charge in [-0.2, -0.15) is 0 Å². The first-order valence-electron chi connectivity index (χ1n) is 10.3. The number of hydrogen-bond donors (Lipinski definition) is 0. The van der Waals surface area contributed by atoms with Crippen LogP contribution < -0.4 is 0 Å². The molecular weight excluding hydrogens is 298 g/mol. The van der Waals surface area contributed by atoms with Crippen LogP contribution in [-0.4, -0.2) is 85.8 Å². The summed E-state index contributed by atoms with van der Waals surface area (Å²) in [5.41, 5.74) is 0.652. The van der Waals surface area contributed by atoms with E-state index in [9.17, 15) is 0 Å². The summed E-state index contributed by atoms with van der Waals surface area (Å²) in [6.45, 7) is 19.8. The molecule has 0 aromatic carbocycles. The molecule has 4 heteroatoms. The van der Waals surface area contributed by atoms with E-state index in [0.29, 0.717) is 17.6 Å². The summed E-state index contributed by atoms with van der Waals surface area (Å²) in [6.07, 6.45) is 4.72. The van der Waals surface area contributed by atoms with Gasteiger partial charge in [-0.25, -0.2) is 0 Å². The van der Waals surface area contributed by atoms with Gasteiger partial charge in [0.15, 0.2) is 0 Å². The first-order chi connectivity index (χ1) is 11.5. The zero-order valence-electron chi connectivity index (χ0n) is 16.5. The van der Waals surface area contributed by atoms with Crippen LogP contribution in [0.25, 0.3) is 0 Å². The second kappa shape index (κ2) is 8.03. The van der Waals surface area contributed by atoms with Crippen LogP contribution in [0.5, 0.6) is 0 Å². The predicted octanol–water partition coefficient (Wildman–Crippen LogP) is 2.54. The molecule has 0 N–H and O–H groups in total. The monoisotopic (exact) mass is 337 g/mol. The molecule has 0 aromatic rings. The van der Waals surface area contributed by atoms with Crippen LogP contribution in [0, 0.1) is 11.3 Å². The summed E-state index contributed by atoms with van der Waals surface area (Å²) in [5, 5.41) is 0. The van der Waals surface area contributed by atoms with Gasteiger partial charge in [-0.3, -0.25) is 14.7 Å². The average Bonchev–Trinajstić information content (AvgIpc) is 3.26. The van der Waals surface area contributed by atoms with E-state index in [-0.39, 0.29) is 0 Å². The third kappa shape index (κ3) is 5.17. The van der Waals surface area contributed by atoms with Crippen molar-refractivity contribution in [2.75, 3.05) is 59.0 Å². The molecule has 4 nitrogen and oxygen atoms in total. The third-order valence-corrected chi connectivity index (χ3v) is 6.18. The average molecular weight is 338 g/mol. The van der Waals surface area contributed by atoms with Gasteiger partial charge in [-0.05, 0) is 44.4 Å². The van der Waals surface area contributed by atoms with Gasteiger partial charge < -0.3 is 4.74 Å². The van der Waals surface area contributed by atoms with E-state index in [2.05, 4.69) is 42.4 Å². The van der Waals surface area contributed by atoms with Crippen LogP contribution in [0.2, 0.25) is 0 Å². The molecular formula is C20H39N3O. The topological polar surface area (TPSA) is 19.0 Å². The van der Waals surface area contributed by atoms with Crippen molar-refractivity contribution >= 4 is 0 Å². The highest BCUT2D eigenvalue weighted by Gasteiger charge is 2.44. The fourth-order valence-electron chi connectivity index (χ4n) is 4.73. The van der Waals surface area contributed by atoms with Crippen LogP contribution >= 0.6 is 0 Å². The van der Waals surface area contributed by atoms with Crippen molar-refractivity contribution in [2.45, 2.75) is 59.1 Å². The van der Waals surface area contributed by atoms with Crippen LogP contribution in [0.3, 0.4) is 0 Å². The molecule has 1 saturated carbocycles. The second-order valence-electron chi connectivity index (χ2n) is 9.26. The van der Waals surface area contributed by atoms with E-state index in [1.807, 2.05) is 0 Å². The van der Waals surface area contributed by atoms with Crippen molar-refractivity contribution in [3.8, 4) is 0 Å². The molecule has 1 atom stereocenters. The number of nitrogens with zero attached hydrogens (tertiary/aromatic N) is 3. The first kappa shape index (κ1) is 18.6. The summed E-state index contributed by atoms with van der Waals surface area (Å²) < 4.78 is 6.10. The molecule has 0 bridgehead atoms. The molecule has 0 radical (unpaired) electrons. The van der Waals surface area contributed by atoms with E-state index >= 15 is 0 Å². The fraction of sp³-hybridized carbons (Fsp3) is 1.00. The van der Waals surface area contributed by atoms with Gasteiger partial charge in [-0.1, -0.05) is 13.8 Å². The van der Waals surface area contributed by atoms with Crippen molar-refractivity contribution in [1.29, 1.82) is 0 Å². The number of ether oxygens (including phenoxy) is 1. The Balaban J connectivity index is 1.41. The van der Waals surface area contributed by atoms with E-state index < -0.39 is 0 Å². The largest absolute Gasteiger partial charge is 0.374 e. The SMILES string of the molecule is CC(C)CC1(CN2CCO[C@H](CN3CCN(C(C)C)CC3)C2)CC1. The van der Waals surface area contributed by atoms with E-state index in [1.54, 1.807) is 0 Å². The third-order valence-electron chi connectivity index (χ3n) is 6.18. The Morgan fingerprint density at radius 2 is 1.67 bits per heavy atom. The van der Waals surface area contributed by atoms with Crippen molar-refractivity contribution in [3.63, 3.8) is 0 Å². The smallest absolute Gasteiger partial charge is 0.0829 e. The normalized spacial score (nSPS) is 29.5. The molecule has 140 valence electrons. The summed E-state index contributed by atoms with van der Waals surface area (Å²) in [6, 6.07) is 0.685. The standard InChI is InChI=1S/C20H39N3O/c1-17(2)13-20(5-6-20)16-22-11-12-24-19(15-22)14-21-7-9-23(10-8-21)18(3)4/h17-19H,5-16H2,1-4H3/t19-/m1/s1. The van der Waals surface area contributed by atoms with Crippen LogP contribution in [-0.2, 0) is 4.74 Å². The van der Waals surface area contributed by atoms with Crippen molar-refractivity contribution in [3.05, 3.63) is 0 Å². The summed E-state index contributed by atoms with van der Waals surface area (Å²) in [7, 11) is 0. The lowest BCUT2D eigenvalue weighted by Crippen LogP contribution is -2.54. The second-order valence-corrected chi connectivity index (χ2v) is 9.26. The van der Waals surface area contributed by atoms with Gasteiger partial charge in [0.2, 0.25) is 0 Å². The molecule has 2 saturated heterocycles. The van der Waals surface area contributed by atoms with Crippen LogP contribution in [0.15, 0.2) is 0 Å². The van der Waals surface area contributed by atoms with Gasteiger partial charge in [0, 0.05) is 58.4 Å². The minimum atomic E-state index is 0.416. The molecule has 2 heterocycles. The Morgan fingerprint density at radius 1 is 0.958 bits per heavy atom. The maximum Gasteiger partial charge on any atom is 0.0829 e. The van der Waals surface area contributed by atoms with Crippen LogP contribution in [0.1, 0.15) is 47.0 Å². The number of piperazine rings is 1. The van der Waals surface area contributed by atoms with Gasteiger partial charge in [-0.15, -0.1) is 0 Å². The van der Waals surface area contributed by atoms with E-state index in [4.69, 9.17) is 4.74 Å². The predicted molar refractivity (Wildman–Crippen MR) is 100 cm³/mol. The number of morpholine rings is 1. The first-order valence-corrected chi connectivity index (χ1v) is 10.3. The summed E-state index contributed by atoms with van der Waals surface area (Å²) >= 11 is 0. The maximum atomic E-state index is 6.10. The Kier molecular flexibility index (Phi) is 6.23. The van der Waals surface area contributed by atoms with Gasteiger partial charge in [0.1, 0.15) is 0 Å². The molecule has 0 unspecified atom stereocenters. The molecule has 1 aliphatic carbocycles. The Morgan fingerprint density at radius 3 is 2.25 bits per heavy atom.